The lowest BCUT2D eigenvalue weighted by Crippen LogP contribution is -2.30. The molecule has 0 N–H and O–H groups in total. The summed E-state index contributed by atoms with van der Waals surface area (Å²) in [4.78, 5) is 0. The molecule has 0 saturated heterocycles. The molecular weight excluding hydrogens is 480 g/mol. The fraction of sp³-hybridized carbons (Fsp3) is 0.364. The first kappa shape index (κ1) is 24.1. The molecule has 39 heavy (non-hydrogen) atoms. The molecule has 0 fully saturated rings. The third-order valence-corrected chi connectivity index (χ3v) is 8.95. The molecule has 0 aliphatic carbocycles. The third-order valence-electron chi connectivity index (χ3n) is 8.95. The Labute approximate surface area is 228 Å². The first-order chi connectivity index (χ1) is 19.0. The Morgan fingerprint density at radius 1 is 0.410 bits per heavy atom. The minimum absolute atomic E-state index is 0.960. The summed E-state index contributed by atoms with van der Waals surface area (Å²) in [5, 5.41) is 8.04. The Balaban J connectivity index is 1.77. The Kier molecular flexibility index (Phi) is 5.45. The van der Waals surface area contributed by atoms with Gasteiger partial charge in [0.1, 0.15) is 0 Å². The van der Waals surface area contributed by atoms with Gasteiger partial charge < -0.3 is 0 Å². The first-order valence-corrected chi connectivity index (χ1v) is 14.7. The van der Waals surface area contributed by atoms with E-state index in [0.29, 0.717) is 0 Å². The van der Waals surface area contributed by atoms with Crippen molar-refractivity contribution >= 4 is 65.4 Å². The van der Waals surface area contributed by atoms with Gasteiger partial charge >= 0.3 is 0 Å². The first-order valence-electron chi connectivity index (χ1n) is 14.7. The molecule has 0 amide bonds. The fourth-order valence-electron chi connectivity index (χ4n) is 6.84. The zero-order valence-electron chi connectivity index (χ0n) is 24.1. The summed E-state index contributed by atoms with van der Waals surface area (Å²) >= 11 is 0. The molecule has 0 aliphatic heterocycles. The van der Waals surface area contributed by atoms with Crippen LogP contribution in [0.15, 0.2) is 55.4 Å². The van der Waals surface area contributed by atoms with Crippen LogP contribution in [-0.4, -0.2) is 13.7 Å². The summed E-state index contributed by atoms with van der Waals surface area (Å²) in [5.74, 6) is 0. The number of nitrogens with zero attached hydrogens (tertiary/aromatic N) is 6. The van der Waals surface area contributed by atoms with Crippen LogP contribution in [0, 0.1) is 0 Å². The second kappa shape index (κ2) is 8.80. The summed E-state index contributed by atoms with van der Waals surface area (Å²) in [6, 6.07) is 14.7. The molecule has 4 aromatic carbocycles. The van der Waals surface area contributed by atoms with Crippen LogP contribution in [0.25, 0.3) is 65.4 Å². The molecule has 0 spiro atoms. The lowest BCUT2D eigenvalue weighted by atomic mass is 9.93. The number of aryl methyl sites for hydroxylation is 6. The van der Waals surface area contributed by atoms with Crippen LogP contribution in [0.4, 0.5) is 0 Å². The van der Waals surface area contributed by atoms with E-state index in [0.717, 1.165) is 39.3 Å². The zero-order valence-corrected chi connectivity index (χ0v) is 24.1. The van der Waals surface area contributed by atoms with E-state index in [1.54, 1.807) is 0 Å². The topological polar surface area (TPSA) is 26.4 Å². The van der Waals surface area contributed by atoms with E-state index in [1.165, 1.54) is 65.4 Å². The molecule has 198 valence electrons. The average molecular weight is 520 g/mol. The highest BCUT2D eigenvalue weighted by Crippen LogP contribution is 2.40. The lowest BCUT2D eigenvalue weighted by Gasteiger charge is -2.11. The van der Waals surface area contributed by atoms with Crippen LogP contribution in [0.1, 0.15) is 41.5 Å². The van der Waals surface area contributed by atoms with Crippen molar-refractivity contribution < 1.29 is 13.7 Å². The maximum Gasteiger partial charge on any atom is 0.244 e. The summed E-state index contributed by atoms with van der Waals surface area (Å²) in [7, 11) is 0. The number of hydrogen-bond acceptors (Lipinski definition) is 0. The van der Waals surface area contributed by atoms with E-state index in [2.05, 4.69) is 124 Å². The number of rotatable bonds is 6. The number of imidazole rings is 3. The van der Waals surface area contributed by atoms with Crippen molar-refractivity contribution in [3.63, 3.8) is 0 Å². The molecule has 6 heteroatoms. The monoisotopic (exact) mass is 519 g/mol. The summed E-state index contributed by atoms with van der Waals surface area (Å²) in [6.07, 6.45) is 6.84. The molecule has 3 aromatic heterocycles. The molecule has 0 atom stereocenters. The number of aromatic nitrogens is 6. The Morgan fingerprint density at radius 2 is 0.667 bits per heavy atom. The standard InChI is InChI=1S/C33H39N6/c1-7-34-19-35(8-2)29-14-23-22(13-28(29)34)24-15-30-32(38(11-5)20-36(30)9-3)17-26(24)27-18-33-31(16-25(23)27)37(10-4)21-39(33)12-6/h13-21H,7-12H2,1-6H3/q+3. The zero-order chi connectivity index (χ0) is 27.0. The van der Waals surface area contributed by atoms with Crippen LogP contribution in [0.3, 0.4) is 0 Å². The average Bonchev–Trinajstić information content (AvgIpc) is 3.64. The van der Waals surface area contributed by atoms with Crippen molar-refractivity contribution in [3.05, 3.63) is 55.4 Å². The number of fused-ring (bicyclic) bond motifs is 9. The van der Waals surface area contributed by atoms with E-state index in [9.17, 15) is 0 Å². The van der Waals surface area contributed by atoms with Crippen LogP contribution in [0.5, 0.6) is 0 Å². The van der Waals surface area contributed by atoms with Gasteiger partial charge in [0.2, 0.25) is 19.0 Å². The van der Waals surface area contributed by atoms with Gasteiger partial charge in [-0.1, -0.05) is 0 Å². The van der Waals surface area contributed by atoms with Crippen LogP contribution < -0.4 is 13.7 Å². The lowest BCUT2D eigenvalue weighted by molar-refractivity contribution is -0.668. The Morgan fingerprint density at radius 3 is 0.897 bits per heavy atom. The van der Waals surface area contributed by atoms with E-state index >= 15 is 0 Å². The third kappa shape index (κ3) is 3.24. The summed E-state index contributed by atoms with van der Waals surface area (Å²) in [6.45, 7) is 19.2. The van der Waals surface area contributed by atoms with Crippen molar-refractivity contribution in [2.24, 2.45) is 0 Å². The normalized spacial score (nSPS) is 12.5. The van der Waals surface area contributed by atoms with Crippen molar-refractivity contribution in [2.75, 3.05) is 0 Å². The molecule has 0 aliphatic rings. The maximum atomic E-state index is 2.45. The Hall–Kier alpha value is -3.93. The van der Waals surface area contributed by atoms with Crippen LogP contribution >= 0.6 is 0 Å². The molecule has 3 heterocycles. The second-order valence-corrected chi connectivity index (χ2v) is 10.7. The van der Waals surface area contributed by atoms with Gasteiger partial charge in [0, 0.05) is 0 Å². The number of benzene rings is 4. The molecule has 0 saturated carbocycles. The number of hydrogen-bond donors (Lipinski definition) is 0. The van der Waals surface area contributed by atoms with Crippen molar-refractivity contribution in [1.82, 2.24) is 13.7 Å². The quantitative estimate of drug-likeness (QED) is 0.191. The SMILES string of the molecule is CCn1c[n+](CC)c2cc3c(cc21)c1cc2c(cc1c1cc4c(cc31)n(CC)c[n+]4CC)n(CC)c[n+]2CC. The minimum atomic E-state index is 0.960. The molecule has 0 radical (unpaired) electrons. The highest BCUT2D eigenvalue weighted by Gasteiger charge is 2.23. The molecule has 0 bridgehead atoms. The maximum absolute atomic E-state index is 2.45. The predicted octanol–water partition coefficient (Wildman–Crippen LogP) is 5.99. The molecule has 0 unspecified atom stereocenters. The predicted molar refractivity (Wildman–Crippen MR) is 160 cm³/mol. The van der Waals surface area contributed by atoms with Crippen molar-refractivity contribution in [3.8, 4) is 0 Å². The molecule has 7 rings (SSSR count). The van der Waals surface area contributed by atoms with Gasteiger partial charge in [0.15, 0.2) is 33.1 Å². The minimum Gasteiger partial charge on any atom is -0.230 e. The van der Waals surface area contributed by atoms with Gasteiger partial charge in [-0.3, -0.25) is 0 Å². The summed E-state index contributed by atoms with van der Waals surface area (Å²) in [5.41, 5.74) is 7.86. The van der Waals surface area contributed by atoms with Gasteiger partial charge in [0.25, 0.3) is 0 Å². The van der Waals surface area contributed by atoms with E-state index in [1.807, 2.05) is 0 Å². The van der Waals surface area contributed by atoms with Gasteiger partial charge in [-0.15, -0.1) is 0 Å². The van der Waals surface area contributed by atoms with Gasteiger partial charge in [-0.05, 0) is 110 Å². The van der Waals surface area contributed by atoms with E-state index in [-0.39, 0.29) is 0 Å². The van der Waals surface area contributed by atoms with Gasteiger partial charge in [-0.25, -0.2) is 27.4 Å². The highest BCUT2D eigenvalue weighted by atomic mass is 15.1. The second-order valence-electron chi connectivity index (χ2n) is 10.7. The van der Waals surface area contributed by atoms with Crippen molar-refractivity contribution in [2.45, 2.75) is 80.8 Å². The van der Waals surface area contributed by atoms with Gasteiger partial charge in [-0.2, -0.15) is 0 Å². The molecule has 7 aromatic rings. The van der Waals surface area contributed by atoms with Crippen LogP contribution in [-0.2, 0) is 39.3 Å². The fourth-order valence-corrected chi connectivity index (χ4v) is 6.84. The smallest absolute Gasteiger partial charge is 0.230 e. The van der Waals surface area contributed by atoms with Gasteiger partial charge in [0.05, 0.1) is 39.3 Å². The van der Waals surface area contributed by atoms with E-state index in [4.69, 9.17) is 0 Å². The summed E-state index contributed by atoms with van der Waals surface area (Å²) < 4.78 is 14.3. The Bertz CT molecular complexity index is 1680. The molecule has 6 nitrogen and oxygen atoms in total. The van der Waals surface area contributed by atoms with Crippen LogP contribution in [0.2, 0.25) is 0 Å². The molecular formula is C33H39N6+3. The van der Waals surface area contributed by atoms with Crippen molar-refractivity contribution in [1.29, 1.82) is 0 Å². The van der Waals surface area contributed by atoms with E-state index < -0.39 is 0 Å². The largest absolute Gasteiger partial charge is 0.244 e. The highest BCUT2D eigenvalue weighted by molar-refractivity contribution is 6.29.